The molecule has 2 N–H and O–H groups in total. The molecule has 1 aliphatic rings. The molecule has 0 saturated carbocycles. The molecule has 1 fully saturated rings. The summed E-state index contributed by atoms with van der Waals surface area (Å²) < 4.78 is 11.0. The Labute approximate surface area is 145 Å². The van der Waals surface area contributed by atoms with Crippen LogP contribution >= 0.6 is 0 Å². The molecule has 1 saturated heterocycles. The summed E-state index contributed by atoms with van der Waals surface area (Å²) in [6.07, 6.45) is 3.35. The average molecular weight is 333 g/mol. The van der Waals surface area contributed by atoms with Gasteiger partial charge in [-0.25, -0.2) is 4.99 Å². The molecule has 134 valence electrons. The van der Waals surface area contributed by atoms with E-state index < -0.39 is 0 Å². The van der Waals surface area contributed by atoms with Gasteiger partial charge in [0.05, 0.1) is 13.2 Å². The molecule has 5 heteroatoms. The Morgan fingerprint density at radius 3 is 2.96 bits per heavy atom. The molecule has 1 aromatic rings. The number of likely N-dealkylation sites (tertiary alicyclic amines) is 1. The third kappa shape index (κ3) is 5.71. The van der Waals surface area contributed by atoms with Crippen LogP contribution in [0.4, 0.5) is 0 Å². The summed E-state index contributed by atoms with van der Waals surface area (Å²) in [6, 6.07) is 6.24. The fourth-order valence-corrected chi connectivity index (χ4v) is 2.98. The van der Waals surface area contributed by atoms with Gasteiger partial charge in [0, 0.05) is 38.8 Å². The molecule has 2 rings (SSSR count). The Hall–Kier alpha value is -1.75. The van der Waals surface area contributed by atoms with Crippen LogP contribution in [-0.2, 0) is 11.3 Å². The Morgan fingerprint density at radius 1 is 1.38 bits per heavy atom. The quantitative estimate of drug-likeness (QED) is 0.473. The third-order valence-corrected chi connectivity index (χ3v) is 4.37. The van der Waals surface area contributed by atoms with Gasteiger partial charge >= 0.3 is 0 Å². The first-order valence-electron chi connectivity index (χ1n) is 8.86. The number of hydrogen-bond donors (Lipinski definition) is 1. The van der Waals surface area contributed by atoms with Crippen LogP contribution in [0.3, 0.4) is 0 Å². The predicted molar refractivity (Wildman–Crippen MR) is 98.5 cm³/mol. The van der Waals surface area contributed by atoms with Gasteiger partial charge < -0.3 is 20.1 Å². The van der Waals surface area contributed by atoms with E-state index in [9.17, 15) is 0 Å². The molecule has 0 radical (unpaired) electrons. The van der Waals surface area contributed by atoms with Crippen LogP contribution in [-0.4, -0.2) is 44.3 Å². The lowest BCUT2D eigenvalue weighted by atomic mass is 10.0. The molecule has 1 atom stereocenters. The van der Waals surface area contributed by atoms with E-state index in [0.29, 0.717) is 31.6 Å². The summed E-state index contributed by atoms with van der Waals surface area (Å²) in [5.41, 5.74) is 8.45. The zero-order valence-electron chi connectivity index (χ0n) is 15.3. The first-order valence-corrected chi connectivity index (χ1v) is 8.86. The Morgan fingerprint density at radius 2 is 2.21 bits per heavy atom. The number of guanidine groups is 1. The number of hydrogen-bond acceptors (Lipinski definition) is 3. The van der Waals surface area contributed by atoms with Crippen LogP contribution < -0.4 is 10.5 Å². The molecule has 1 unspecified atom stereocenters. The van der Waals surface area contributed by atoms with Crippen LogP contribution in [0.25, 0.3) is 0 Å². The molecule has 24 heavy (non-hydrogen) atoms. The number of ether oxygens (including phenoxy) is 2. The largest absolute Gasteiger partial charge is 0.493 e. The Kier molecular flexibility index (Phi) is 7.37. The predicted octanol–water partition coefficient (Wildman–Crippen LogP) is 2.96. The summed E-state index contributed by atoms with van der Waals surface area (Å²) in [5.74, 6) is 2.23. The lowest BCUT2D eigenvalue weighted by Gasteiger charge is -2.31. The fraction of sp³-hybridized carbons (Fsp3) is 0.632. The molecule has 0 aliphatic carbocycles. The number of aryl methyl sites for hydroxylation is 1. The zero-order chi connectivity index (χ0) is 17.4. The molecule has 1 aromatic carbocycles. The maximum Gasteiger partial charge on any atom is 0.191 e. The minimum atomic E-state index is 0.552. The molecule has 0 aromatic heterocycles. The number of benzene rings is 1. The van der Waals surface area contributed by atoms with Crippen molar-refractivity contribution >= 4 is 5.96 Å². The second-order valence-electron chi connectivity index (χ2n) is 6.67. The monoisotopic (exact) mass is 333 g/mol. The Bertz CT molecular complexity index is 545. The molecule has 0 amide bonds. The van der Waals surface area contributed by atoms with Crippen molar-refractivity contribution in [1.29, 1.82) is 0 Å². The summed E-state index contributed by atoms with van der Waals surface area (Å²) >= 11 is 0. The highest BCUT2D eigenvalue weighted by Crippen LogP contribution is 2.22. The first kappa shape index (κ1) is 18.6. The smallest absolute Gasteiger partial charge is 0.191 e. The number of rotatable bonds is 7. The van der Waals surface area contributed by atoms with Gasteiger partial charge in [0.15, 0.2) is 5.96 Å². The van der Waals surface area contributed by atoms with E-state index in [2.05, 4.69) is 41.9 Å². The minimum absolute atomic E-state index is 0.552. The lowest BCUT2D eigenvalue weighted by molar-refractivity contribution is 0.172. The van der Waals surface area contributed by atoms with Gasteiger partial charge in [0.1, 0.15) is 5.75 Å². The van der Waals surface area contributed by atoms with Crippen molar-refractivity contribution in [2.45, 2.75) is 39.7 Å². The molecule has 1 heterocycles. The highest BCUT2D eigenvalue weighted by Gasteiger charge is 2.17. The Balaban J connectivity index is 1.98. The van der Waals surface area contributed by atoms with Gasteiger partial charge in [0.2, 0.25) is 0 Å². The van der Waals surface area contributed by atoms with Crippen LogP contribution in [0.15, 0.2) is 23.2 Å². The summed E-state index contributed by atoms with van der Waals surface area (Å²) in [6.45, 7) is 8.25. The van der Waals surface area contributed by atoms with Gasteiger partial charge in [-0.1, -0.05) is 19.1 Å². The normalized spacial score (nSPS) is 18.7. The highest BCUT2D eigenvalue weighted by atomic mass is 16.5. The SMILES string of the molecule is COCCCOc1cc(C)ccc1CN=C(N)N1CCCC(C)C1. The lowest BCUT2D eigenvalue weighted by Crippen LogP contribution is -2.43. The van der Waals surface area contributed by atoms with Gasteiger partial charge in [-0.05, 0) is 37.3 Å². The second kappa shape index (κ2) is 9.52. The summed E-state index contributed by atoms with van der Waals surface area (Å²) in [7, 11) is 1.71. The topological polar surface area (TPSA) is 60.1 Å². The van der Waals surface area contributed by atoms with E-state index in [-0.39, 0.29) is 0 Å². The van der Waals surface area contributed by atoms with E-state index >= 15 is 0 Å². The molecule has 1 aliphatic heterocycles. The number of nitrogens with zero attached hydrogens (tertiary/aromatic N) is 2. The van der Waals surface area contributed by atoms with Crippen LogP contribution in [0.5, 0.6) is 5.75 Å². The van der Waals surface area contributed by atoms with Gasteiger partial charge in [-0.15, -0.1) is 0 Å². The van der Waals surface area contributed by atoms with Crippen molar-refractivity contribution in [1.82, 2.24) is 4.90 Å². The van der Waals surface area contributed by atoms with Crippen molar-refractivity contribution in [2.24, 2.45) is 16.6 Å². The number of nitrogens with two attached hydrogens (primary N) is 1. The first-order chi connectivity index (χ1) is 11.6. The molecule has 0 bridgehead atoms. The number of piperidine rings is 1. The molecule has 0 spiro atoms. The molecule has 5 nitrogen and oxygen atoms in total. The maximum absolute atomic E-state index is 6.20. The van der Waals surface area contributed by atoms with Crippen LogP contribution in [0.1, 0.15) is 37.3 Å². The van der Waals surface area contributed by atoms with Crippen molar-refractivity contribution in [3.63, 3.8) is 0 Å². The molecular weight excluding hydrogens is 302 g/mol. The van der Waals surface area contributed by atoms with E-state index in [1.807, 2.05) is 0 Å². The van der Waals surface area contributed by atoms with E-state index in [4.69, 9.17) is 15.2 Å². The van der Waals surface area contributed by atoms with Crippen LogP contribution in [0, 0.1) is 12.8 Å². The summed E-state index contributed by atoms with van der Waals surface area (Å²) in [5, 5.41) is 0. The van der Waals surface area contributed by atoms with Gasteiger partial charge in [-0.3, -0.25) is 0 Å². The van der Waals surface area contributed by atoms with Crippen molar-refractivity contribution < 1.29 is 9.47 Å². The third-order valence-electron chi connectivity index (χ3n) is 4.37. The second-order valence-corrected chi connectivity index (χ2v) is 6.67. The molecular formula is C19H31N3O2. The average Bonchev–Trinajstić information content (AvgIpc) is 2.57. The van der Waals surface area contributed by atoms with Crippen LogP contribution in [0.2, 0.25) is 0 Å². The van der Waals surface area contributed by atoms with E-state index in [0.717, 1.165) is 30.8 Å². The number of methoxy groups -OCH3 is 1. The van der Waals surface area contributed by atoms with E-state index in [1.54, 1.807) is 7.11 Å². The van der Waals surface area contributed by atoms with E-state index in [1.165, 1.54) is 18.4 Å². The zero-order valence-corrected chi connectivity index (χ0v) is 15.3. The fourth-order valence-electron chi connectivity index (χ4n) is 2.98. The van der Waals surface area contributed by atoms with Crippen molar-refractivity contribution in [3.05, 3.63) is 29.3 Å². The standard InChI is InChI=1S/C19H31N3O2/c1-15-7-8-17(18(12-15)24-11-5-10-23-3)13-21-19(20)22-9-4-6-16(2)14-22/h7-8,12,16H,4-6,9-11,13-14H2,1-3H3,(H2,20,21). The summed E-state index contributed by atoms with van der Waals surface area (Å²) in [4.78, 5) is 6.80. The number of aliphatic imine (C=N–C) groups is 1. The van der Waals surface area contributed by atoms with Crippen molar-refractivity contribution in [2.75, 3.05) is 33.4 Å². The van der Waals surface area contributed by atoms with Crippen molar-refractivity contribution in [3.8, 4) is 5.75 Å². The minimum Gasteiger partial charge on any atom is -0.493 e. The maximum atomic E-state index is 6.20. The van der Waals surface area contributed by atoms with Gasteiger partial charge in [-0.2, -0.15) is 0 Å². The van der Waals surface area contributed by atoms with Gasteiger partial charge in [0.25, 0.3) is 0 Å². The highest BCUT2D eigenvalue weighted by molar-refractivity contribution is 5.78.